The summed E-state index contributed by atoms with van der Waals surface area (Å²) in [4.78, 5) is 13.2. The van der Waals surface area contributed by atoms with E-state index >= 15 is 0 Å². The van der Waals surface area contributed by atoms with Gasteiger partial charge in [0.1, 0.15) is 0 Å². The number of para-hydroxylation sites is 1. The molecule has 0 spiro atoms. The molecule has 0 N–H and O–H groups in total. The van der Waals surface area contributed by atoms with Crippen molar-refractivity contribution in [2.45, 2.75) is 26.9 Å². The minimum atomic E-state index is -0.440. The third-order valence-corrected chi connectivity index (χ3v) is 2.31. The Kier molecular flexibility index (Phi) is 3.41. The highest BCUT2D eigenvalue weighted by Gasteiger charge is 2.18. The topological polar surface area (TPSA) is 57.0 Å². The Balaban J connectivity index is 2.30. The fourth-order valence-corrected chi connectivity index (χ4v) is 1.51. The minimum Gasteiger partial charge on any atom is -0.458 e. The summed E-state index contributed by atoms with van der Waals surface area (Å²) in [7, 11) is 0. The van der Waals surface area contributed by atoms with E-state index in [0.29, 0.717) is 5.69 Å². The van der Waals surface area contributed by atoms with Crippen LogP contribution in [0.2, 0.25) is 0 Å². The Morgan fingerprint density at radius 3 is 2.50 bits per heavy atom. The average molecular weight is 245 g/mol. The lowest BCUT2D eigenvalue weighted by molar-refractivity contribution is 0.0369. The highest BCUT2D eigenvalue weighted by Crippen LogP contribution is 2.09. The zero-order valence-electron chi connectivity index (χ0n) is 10.6. The van der Waals surface area contributed by atoms with Gasteiger partial charge in [-0.05, 0) is 32.9 Å². The molecule has 0 saturated heterocycles. The second-order valence-electron chi connectivity index (χ2n) is 4.21. The summed E-state index contributed by atoms with van der Waals surface area (Å²) < 4.78 is 5.11. The fraction of sp³-hybridized carbons (Fsp3) is 0.308. The van der Waals surface area contributed by atoms with E-state index in [1.54, 1.807) is 20.8 Å². The molecule has 0 bridgehead atoms. The second-order valence-corrected chi connectivity index (χ2v) is 4.21. The molecule has 94 valence electrons. The van der Waals surface area contributed by atoms with Gasteiger partial charge in [-0.2, -0.15) is 9.90 Å². The summed E-state index contributed by atoms with van der Waals surface area (Å²) in [6, 6.07) is 9.43. The van der Waals surface area contributed by atoms with Gasteiger partial charge in [-0.15, -0.1) is 5.10 Å². The van der Waals surface area contributed by atoms with Crippen LogP contribution < -0.4 is 0 Å². The van der Waals surface area contributed by atoms with Crippen molar-refractivity contribution >= 4 is 5.97 Å². The molecular formula is C13H15N3O2. The van der Waals surface area contributed by atoms with Crippen LogP contribution in [0.4, 0.5) is 0 Å². The Morgan fingerprint density at radius 2 is 1.89 bits per heavy atom. The lowest BCUT2D eigenvalue weighted by Crippen LogP contribution is -2.13. The van der Waals surface area contributed by atoms with E-state index in [1.807, 2.05) is 30.3 Å². The van der Waals surface area contributed by atoms with E-state index in [9.17, 15) is 4.79 Å². The van der Waals surface area contributed by atoms with E-state index in [1.165, 1.54) is 4.80 Å². The van der Waals surface area contributed by atoms with Crippen LogP contribution in [0.5, 0.6) is 0 Å². The molecule has 0 saturated carbocycles. The van der Waals surface area contributed by atoms with Gasteiger partial charge in [0.15, 0.2) is 5.69 Å². The molecule has 5 nitrogen and oxygen atoms in total. The number of hydrogen-bond acceptors (Lipinski definition) is 4. The number of carbonyl (C=O) groups excluding carboxylic acids is 1. The number of ether oxygens (including phenoxy) is 1. The third-order valence-electron chi connectivity index (χ3n) is 2.31. The largest absolute Gasteiger partial charge is 0.458 e. The van der Waals surface area contributed by atoms with Gasteiger partial charge in [0.25, 0.3) is 0 Å². The zero-order valence-corrected chi connectivity index (χ0v) is 10.6. The molecule has 0 radical (unpaired) electrons. The molecule has 0 aliphatic rings. The van der Waals surface area contributed by atoms with Crippen molar-refractivity contribution in [2.24, 2.45) is 0 Å². The minimum absolute atomic E-state index is 0.168. The van der Waals surface area contributed by atoms with Crippen molar-refractivity contribution < 1.29 is 9.53 Å². The van der Waals surface area contributed by atoms with Crippen molar-refractivity contribution in [1.29, 1.82) is 0 Å². The van der Waals surface area contributed by atoms with Gasteiger partial charge in [-0.1, -0.05) is 18.2 Å². The molecule has 0 amide bonds. The van der Waals surface area contributed by atoms with Crippen molar-refractivity contribution in [3.63, 3.8) is 0 Å². The van der Waals surface area contributed by atoms with Crippen molar-refractivity contribution in [3.8, 4) is 5.69 Å². The molecule has 1 heterocycles. The number of rotatable bonds is 3. The first-order valence-electron chi connectivity index (χ1n) is 5.78. The standard InChI is InChI=1S/C13H15N3O2/c1-9(2)18-13(17)12-10(3)14-16(15-12)11-7-5-4-6-8-11/h4-9H,1-3H3. The quantitative estimate of drug-likeness (QED) is 0.777. The summed E-state index contributed by atoms with van der Waals surface area (Å²) in [6.45, 7) is 5.34. The molecule has 2 rings (SSSR count). The molecule has 0 unspecified atom stereocenters. The Bertz CT molecular complexity index is 547. The van der Waals surface area contributed by atoms with E-state index in [2.05, 4.69) is 10.2 Å². The average Bonchev–Trinajstić information content (AvgIpc) is 2.72. The Hall–Kier alpha value is -2.17. The summed E-state index contributed by atoms with van der Waals surface area (Å²) >= 11 is 0. The van der Waals surface area contributed by atoms with Crippen LogP contribution in [-0.2, 0) is 4.74 Å². The van der Waals surface area contributed by atoms with Gasteiger partial charge in [-0.25, -0.2) is 4.79 Å². The van der Waals surface area contributed by atoms with Gasteiger partial charge in [0, 0.05) is 0 Å². The van der Waals surface area contributed by atoms with Gasteiger partial charge in [0.2, 0.25) is 0 Å². The monoisotopic (exact) mass is 245 g/mol. The highest BCUT2D eigenvalue weighted by atomic mass is 16.5. The molecule has 1 aromatic heterocycles. The molecule has 0 aliphatic heterocycles. The van der Waals surface area contributed by atoms with Gasteiger partial charge < -0.3 is 4.74 Å². The summed E-state index contributed by atoms with van der Waals surface area (Å²) in [5.74, 6) is -0.440. The van der Waals surface area contributed by atoms with Crippen molar-refractivity contribution in [1.82, 2.24) is 15.0 Å². The first-order valence-corrected chi connectivity index (χ1v) is 5.78. The predicted octanol–water partition coefficient (Wildman–Crippen LogP) is 2.14. The summed E-state index contributed by atoms with van der Waals surface area (Å²) in [5, 5.41) is 8.38. The normalized spacial score (nSPS) is 10.7. The van der Waals surface area contributed by atoms with Gasteiger partial charge in [-0.3, -0.25) is 0 Å². The van der Waals surface area contributed by atoms with E-state index in [0.717, 1.165) is 5.69 Å². The van der Waals surface area contributed by atoms with Crippen LogP contribution in [0.3, 0.4) is 0 Å². The SMILES string of the molecule is Cc1nn(-c2ccccc2)nc1C(=O)OC(C)C. The maximum Gasteiger partial charge on any atom is 0.361 e. The lowest BCUT2D eigenvalue weighted by Gasteiger charge is -2.05. The lowest BCUT2D eigenvalue weighted by atomic mass is 10.3. The molecule has 0 aliphatic carbocycles. The molecule has 5 heteroatoms. The Labute approximate surface area is 105 Å². The smallest absolute Gasteiger partial charge is 0.361 e. The number of hydrogen-bond donors (Lipinski definition) is 0. The maximum absolute atomic E-state index is 11.8. The number of esters is 1. The number of aromatic nitrogens is 3. The summed E-state index contributed by atoms with van der Waals surface area (Å²) in [5.41, 5.74) is 1.63. The molecule has 1 aromatic carbocycles. The fourth-order valence-electron chi connectivity index (χ4n) is 1.51. The van der Waals surface area contributed by atoms with Crippen molar-refractivity contribution in [3.05, 3.63) is 41.7 Å². The number of aryl methyl sites for hydroxylation is 1. The number of nitrogens with zero attached hydrogens (tertiary/aromatic N) is 3. The molecule has 18 heavy (non-hydrogen) atoms. The third kappa shape index (κ3) is 2.56. The first-order chi connectivity index (χ1) is 8.58. The highest BCUT2D eigenvalue weighted by molar-refractivity contribution is 5.88. The van der Waals surface area contributed by atoms with Gasteiger partial charge >= 0.3 is 5.97 Å². The maximum atomic E-state index is 11.8. The Morgan fingerprint density at radius 1 is 1.22 bits per heavy atom. The first kappa shape index (κ1) is 12.3. The molecule has 0 fully saturated rings. The van der Waals surface area contributed by atoms with Crippen LogP contribution in [-0.4, -0.2) is 27.1 Å². The van der Waals surface area contributed by atoms with E-state index < -0.39 is 5.97 Å². The number of carbonyl (C=O) groups is 1. The van der Waals surface area contributed by atoms with E-state index in [-0.39, 0.29) is 11.8 Å². The van der Waals surface area contributed by atoms with Crippen LogP contribution in [0, 0.1) is 6.92 Å². The van der Waals surface area contributed by atoms with E-state index in [4.69, 9.17) is 4.74 Å². The van der Waals surface area contributed by atoms with Gasteiger partial charge in [0.05, 0.1) is 17.5 Å². The summed E-state index contributed by atoms with van der Waals surface area (Å²) in [6.07, 6.45) is -0.168. The van der Waals surface area contributed by atoms with Crippen LogP contribution >= 0.6 is 0 Å². The van der Waals surface area contributed by atoms with Crippen LogP contribution in [0.15, 0.2) is 30.3 Å². The predicted molar refractivity (Wildman–Crippen MR) is 66.6 cm³/mol. The second kappa shape index (κ2) is 5.00. The van der Waals surface area contributed by atoms with Crippen LogP contribution in [0.1, 0.15) is 30.0 Å². The van der Waals surface area contributed by atoms with Crippen molar-refractivity contribution in [2.75, 3.05) is 0 Å². The number of benzene rings is 1. The van der Waals surface area contributed by atoms with Crippen LogP contribution in [0.25, 0.3) is 5.69 Å². The molecular weight excluding hydrogens is 230 g/mol. The molecule has 2 aromatic rings. The molecule has 0 atom stereocenters. The zero-order chi connectivity index (χ0) is 13.1.